The van der Waals surface area contributed by atoms with Gasteiger partial charge in [-0.2, -0.15) is 0 Å². The number of rotatable bonds is 4. The third-order valence-electron chi connectivity index (χ3n) is 4.89. The number of hydrogen-bond donors (Lipinski definition) is 1. The fourth-order valence-electron chi connectivity index (χ4n) is 3.73. The van der Waals surface area contributed by atoms with Crippen molar-refractivity contribution in [3.8, 4) is 0 Å². The summed E-state index contributed by atoms with van der Waals surface area (Å²) >= 11 is 0. The SMILES string of the molecule is O=C1CCc2c1cccc2C(=O)N1CCCC(CCCO)C1. The van der Waals surface area contributed by atoms with E-state index in [4.69, 9.17) is 5.11 Å². The van der Waals surface area contributed by atoms with Crippen LogP contribution in [-0.4, -0.2) is 41.4 Å². The van der Waals surface area contributed by atoms with Crippen LogP contribution in [0.4, 0.5) is 0 Å². The molecule has 0 radical (unpaired) electrons. The maximum atomic E-state index is 12.9. The zero-order valence-corrected chi connectivity index (χ0v) is 12.9. The molecule has 1 aromatic rings. The highest BCUT2D eigenvalue weighted by molar-refractivity contribution is 6.05. The van der Waals surface area contributed by atoms with Crippen molar-refractivity contribution in [3.63, 3.8) is 0 Å². The Kier molecular flexibility index (Phi) is 4.57. The molecule has 4 heteroatoms. The van der Waals surface area contributed by atoms with E-state index >= 15 is 0 Å². The first kappa shape index (κ1) is 15.2. The number of piperidine rings is 1. The molecule has 1 heterocycles. The highest BCUT2D eigenvalue weighted by Crippen LogP contribution is 2.28. The van der Waals surface area contributed by atoms with E-state index in [-0.39, 0.29) is 18.3 Å². The van der Waals surface area contributed by atoms with E-state index in [1.165, 1.54) is 0 Å². The third-order valence-corrected chi connectivity index (χ3v) is 4.89. The van der Waals surface area contributed by atoms with Gasteiger partial charge in [0.2, 0.25) is 0 Å². The first-order valence-electron chi connectivity index (χ1n) is 8.26. The lowest BCUT2D eigenvalue weighted by Crippen LogP contribution is -2.40. The molecular formula is C18H23NO3. The van der Waals surface area contributed by atoms with E-state index in [0.29, 0.717) is 24.3 Å². The summed E-state index contributed by atoms with van der Waals surface area (Å²) in [6.07, 6.45) is 5.16. The molecule has 3 rings (SSSR count). The summed E-state index contributed by atoms with van der Waals surface area (Å²) in [5, 5.41) is 8.97. The number of carbonyl (C=O) groups is 2. The summed E-state index contributed by atoms with van der Waals surface area (Å²) in [6.45, 7) is 1.79. The van der Waals surface area contributed by atoms with Gasteiger partial charge in [-0.3, -0.25) is 9.59 Å². The number of carbonyl (C=O) groups excluding carboxylic acids is 2. The van der Waals surface area contributed by atoms with Crippen LogP contribution in [0, 0.1) is 5.92 Å². The molecule has 1 saturated heterocycles. The van der Waals surface area contributed by atoms with Crippen molar-refractivity contribution in [1.82, 2.24) is 4.90 Å². The quantitative estimate of drug-likeness (QED) is 0.929. The third kappa shape index (κ3) is 2.93. The molecule has 1 fully saturated rings. The normalized spacial score (nSPS) is 21.0. The minimum absolute atomic E-state index is 0.0697. The molecule has 118 valence electrons. The van der Waals surface area contributed by atoms with Gasteiger partial charge in [0, 0.05) is 37.2 Å². The van der Waals surface area contributed by atoms with Crippen LogP contribution in [0.1, 0.15) is 58.4 Å². The lowest BCUT2D eigenvalue weighted by atomic mass is 9.92. The minimum Gasteiger partial charge on any atom is -0.396 e. The van der Waals surface area contributed by atoms with Gasteiger partial charge in [-0.05, 0) is 49.7 Å². The lowest BCUT2D eigenvalue weighted by molar-refractivity contribution is 0.0662. The van der Waals surface area contributed by atoms with Crippen molar-refractivity contribution in [2.45, 2.75) is 38.5 Å². The van der Waals surface area contributed by atoms with Gasteiger partial charge in [-0.15, -0.1) is 0 Å². The Morgan fingerprint density at radius 2 is 2.18 bits per heavy atom. The fourth-order valence-corrected chi connectivity index (χ4v) is 3.73. The van der Waals surface area contributed by atoms with Crippen LogP contribution in [-0.2, 0) is 6.42 Å². The van der Waals surface area contributed by atoms with Crippen molar-refractivity contribution in [3.05, 3.63) is 34.9 Å². The number of likely N-dealkylation sites (tertiary alicyclic amines) is 1. The van der Waals surface area contributed by atoms with Crippen LogP contribution < -0.4 is 0 Å². The molecule has 0 aromatic heterocycles. The molecule has 22 heavy (non-hydrogen) atoms. The lowest BCUT2D eigenvalue weighted by Gasteiger charge is -2.33. The van der Waals surface area contributed by atoms with Gasteiger partial charge < -0.3 is 10.0 Å². The zero-order chi connectivity index (χ0) is 15.5. The van der Waals surface area contributed by atoms with Crippen molar-refractivity contribution >= 4 is 11.7 Å². The van der Waals surface area contributed by atoms with Crippen LogP contribution in [0.25, 0.3) is 0 Å². The molecule has 1 unspecified atom stereocenters. The van der Waals surface area contributed by atoms with Crippen LogP contribution in [0.3, 0.4) is 0 Å². The Morgan fingerprint density at radius 3 is 3.00 bits per heavy atom. The van der Waals surface area contributed by atoms with Crippen molar-refractivity contribution in [2.24, 2.45) is 5.92 Å². The zero-order valence-electron chi connectivity index (χ0n) is 12.9. The molecule has 4 nitrogen and oxygen atoms in total. The molecule has 0 bridgehead atoms. The molecule has 1 aliphatic carbocycles. The number of aliphatic hydroxyl groups is 1. The van der Waals surface area contributed by atoms with E-state index in [0.717, 1.165) is 49.9 Å². The Bertz CT molecular complexity index is 582. The molecule has 1 aromatic carbocycles. The van der Waals surface area contributed by atoms with E-state index < -0.39 is 0 Å². The van der Waals surface area contributed by atoms with E-state index in [9.17, 15) is 9.59 Å². The number of ketones is 1. The predicted octanol–water partition coefficient (Wildman–Crippen LogP) is 2.44. The summed E-state index contributed by atoms with van der Waals surface area (Å²) in [6, 6.07) is 5.52. The second-order valence-electron chi connectivity index (χ2n) is 6.38. The number of amides is 1. The number of fused-ring (bicyclic) bond motifs is 1. The largest absolute Gasteiger partial charge is 0.396 e. The van der Waals surface area contributed by atoms with Crippen molar-refractivity contribution in [2.75, 3.05) is 19.7 Å². The topological polar surface area (TPSA) is 57.6 Å². The van der Waals surface area contributed by atoms with Gasteiger partial charge in [-0.1, -0.05) is 12.1 Å². The molecule has 1 N–H and O–H groups in total. The van der Waals surface area contributed by atoms with Gasteiger partial charge >= 0.3 is 0 Å². The van der Waals surface area contributed by atoms with Crippen LogP contribution in [0.2, 0.25) is 0 Å². The summed E-state index contributed by atoms with van der Waals surface area (Å²) < 4.78 is 0. The second kappa shape index (κ2) is 6.61. The first-order chi connectivity index (χ1) is 10.7. The number of benzene rings is 1. The van der Waals surface area contributed by atoms with E-state index in [2.05, 4.69) is 0 Å². The minimum atomic E-state index is 0.0697. The number of hydrogen-bond acceptors (Lipinski definition) is 3. The van der Waals surface area contributed by atoms with Gasteiger partial charge in [-0.25, -0.2) is 0 Å². The van der Waals surface area contributed by atoms with Gasteiger partial charge in [0.1, 0.15) is 0 Å². The van der Waals surface area contributed by atoms with Crippen LogP contribution >= 0.6 is 0 Å². The molecule has 1 atom stereocenters. The monoisotopic (exact) mass is 301 g/mol. The highest BCUT2D eigenvalue weighted by atomic mass is 16.3. The smallest absolute Gasteiger partial charge is 0.254 e. The van der Waals surface area contributed by atoms with Crippen molar-refractivity contribution in [1.29, 1.82) is 0 Å². The van der Waals surface area contributed by atoms with Gasteiger partial charge in [0.25, 0.3) is 5.91 Å². The molecule has 1 aliphatic heterocycles. The maximum Gasteiger partial charge on any atom is 0.254 e. The van der Waals surface area contributed by atoms with Crippen LogP contribution in [0.5, 0.6) is 0 Å². The van der Waals surface area contributed by atoms with E-state index in [1.807, 2.05) is 23.1 Å². The maximum absolute atomic E-state index is 12.9. The summed E-state index contributed by atoms with van der Waals surface area (Å²) in [7, 11) is 0. The molecule has 2 aliphatic rings. The van der Waals surface area contributed by atoms with Crippen molar-refractivity contribution < 1.29 is 14.7 Å². The standard InChI is InChI=1S/C18H23NO3/c20-11-3-5-13-4-2-10-19(12-13)18(22)16-7-1-6-15-14(16)8-9-17(15)21/h1,6-7,13,20H,2-5,8-12H2. The molecule has 0 spiro atoms. The average Bonchev–Trinajstić information content (AvgIpc) is 2.94. The Balaban J connectivity index is 1.76. The Hall–Kier alpha value is -1.68. The van der Waals surface area contributed by atoms with Gasteiger partial charge in [0.05, 0.1) is 0 Å². The molecule has 1 amide bonds. The summed E-state index contributed by atoms with van der Waals surface area (Å²) in [5.41, 5.74) is 2.39. The first-order valence-corrected chi connectivity index (χ1v) is 8.26. The molecular weight excluding hydrogens is 278 g/mol. The fraction of sp³-hybridized carbons (Fsp3) is 0.556. The van der Waals surface area contributed by atoms with Gasteiger partial charge in [0.15, 0.2) is 5.78 Å². The predicted molar refractivity (Wildman–Crippen MR) is 84.0 cm³/mol. The Morgan fingerprint density at radius 1 is 1.32 bits per heavy atom. The van der Waals surface area contributed by atoms with Crippen LogP contribution in [0.15, 0.2) is 18.2 Å². The van der Waals surface area contributed by atoms with E-state index in [1.54, 1.807) is 0 Å². The Labute approximate surface area is 131 Å². The number of aliphatic hydroxyl groups excluding tert-OH is 1. The second-order valence-corrected chi connectivity index (χ2v) is 6.38. The highest BCUT2D eigenvalue weighted by Gasteiger charge is 2.29. The number of Topliss-reactive ketones (excluding diaryl/α,β-unsaturated/α-hetero) is 1. The summed E-state index contributed by atoms with van der Waals surface area (Å²) in [4.78, 5) is 26.6. The number of nitrogens with zero attached hydrogens (tertiary/aromatic N) is 1. The average molecular weight is 301 g/mol. The molecule has 0 saturated carbocycles. The summed E-state index contributed by atoms with van der Waals surface area (Å²) in [5.74, 6) is 0.715.